The smallest absolute Gasteiger partial charge is 0.239 e. The molecule has 5 nitrogen and oxygen atoms in total. The average Bonchev–Trinajstić information content (AvgIpc) is 2.45. The van der Waals surface area contributed by atoms with Gasteiger partial charge in [0.2, 0.25) is 11.8 Å². The van der Waals surface area contributed by atoms with Gasteiger partial charge in [-0.2, -0.15) is 0 Å². The molecule has 5 heteroatoms. The van der Waals surface area contributed by atoms with Crippen LogP contribution >= 0.6 is 0 Å². The van der Waals surface area contributed by atoms with E-state index in [1.54, 1.807) is 4.90 Å². The van der Waals surface area contributed by atoms with Crippen LogP contribution in [0.1, 0.15) is 53.4 Å². The van der Waals surface area contributed by atoms with Crippen molar-refractivity contribution in [3.05, 3.63) is 0 Å². The summed E-state index contributed by atoms with van der Waals surface area (Å²) in [7, 11) is 0. The van der Waals surface area contributed by atoms with Crippen LogP contribution in [-0.4, -0.2) is 41.9 Å². The summed E-state index contributed by atoms with van der Waals surface area (Å²) in [6, 6.07) is -0.266. The lowest BCUT2D eigenvalue weighted by Gasteiger charge is -2.34. The number of likely N-dealkylation sites (tertiary alicyclic amines) is 1. The molecule has 0 aromatic carbocycles. The Bertz CT molecular complexity index is 357. The van der Waals surface area contributed by atoms with E-state index in [0.29, 0.717) is 13.1 Å². The molecule has 1 rings (SSSR count). The number of nitrogens with zero attached hydrogens (tertiary/aromatic N) is 1. The number of carbonyl (C=O) groups excluding carboxylic acids is 2. The predicted molar refractivity (Wildman–Crippen MR) is 84.6 cm³/mol. The Morgan fingerprint density at radius 1 is 1.33 bits per heavy atom. The highest BCUT2D eigenvalue weighted by atomic mass is 16.2. The van der Waals surface area contributed by atoms with Crippen molar-refractivity contribution in [1.29, 1.82) is 0 Å². The second-order valence-electron chi connectivity index (χ2n) is 6.59. The summed E-state index contributed by atoms with van der Waals surface area (Å²) in [5.74, 6) is 0.0772. The van der Waals surface area contributed by atoms with Crippen molar-refractivity contribution in [2.75, 3.05) is 13.1 Å². The maximum atomic E-state index is 12.3. The first-order valence-electron chi connectivity index (χ1n) is 8.21. The van der Waals surface area contributed by atoms with Gasteiger partial charge >= 0.3 is 0 Å². The molecule has 122 valence electrons. The van der Waals surface area contributed by atoms with Crippen LogP contribution in [0.3, 0.4) is 0 Å². The molecule has 3 N–H and O–H groups in total. The summed E-state index contributed by atoms with van der Waals surface area (Å²) in [5.41, 5.74) is 5.94. The largest absolute Gasteiger partial charge is 0.353 e. The molecule has 1 aliphatic heterocycles. The van der Waals surface area contributed by atoms with Crippen LogP contribution < -0.4 is 11.1 Å². The van der Waals surface area contributed by atoms with Crippen LogP contribution in [0.4, 0.5) is 0 Å². The molecule has 1 saturated heterocycles. The molecule has 2 amide bonds. The highest BCUT2D eigenvalue weighted by Gasteiger charge is 2.31. The Kier molecular flexibility index (Phi) is 7.15. The predicted octanol–water partition coefficient (Wildman–Crippen LogP) is 1.51. The summed E-state index contributed by atoms with van der Waals surface area (Å²) in [6.45, 7) is 9.25. The first kappa shape index (κ1) is 18.0. The Labute approximate surface area is 128 Å². The fraction of sp³-hybridized carbons (Fsp3) is 0.875. The lowest BCUT2D eigenvalue weighted by atomic mass is 9.95. The van der Waals surface area contributed by atoms with E-state index in [9.17, 15) is 9.59 Å². The van der Waals surface area contributed by atoms with E-state index < -0.39 is 6.04 Å². The quantitative estimate of drug-likeness (QED) is 0.780. The van der Waals surface area contributed by atoms with Gasteiger partial charge < -0.3 is 16.0 Å². The lowest BCUT2D eigenvalue weighted by Crippen LogP contribution is -2.52. The van der Waals surface area contributed by atoms with Crippen LogP contribution in [0, 0.1) is 11.8 Å². The van der Waals surface area contributed by atoms with E-state index in [-0.39, 0.29) is 29.7 Å². The van der Waals surface area contributed by atoms with Crippen molar-refractivity contribution in [3.63, 3.8) is 0 Å². The molecule has 1 aliphatic rings. The second kappa shape index (κ2) is 8.37. The van der Waals surface area contributed by atoms with Crippen molar-refractivity contribution in [3.8, 4) is 0 Å². The topological polar surface area (TPSA) is 75.4 Å². The number of nitrogens with two attached hydrogens (primary N) is 1. The molecule has 0 saturated carbocycles. The van der Waals surface area contributed by atoms with Gasteiger partial charge in [-0.05, 0) is 32.1 Å². The van der Waals surface area contributed by atoms with E-state index in [0.717, 1.165) is 25.7 Å². The first-order chi connectivity index (χ1) is 9.86. The van der Waals surface area contributed by atoms with Gasteiger partial charge in [0.15, 0.2) is 0 Å². The molecule has 0 radical (unpaired) electrons. The average molecular weight is 297 g/mol. The van der Waals surface area contributed by atoms with Gasteiger partial charge in [0.25, 0.3) is 0 Å². The van der Waals surface area contributed by atoms with E-state index in [4.69, 9.17) is 5.73 Å². The molecule has 0 bridgehead atoms. The molecule has 2 unspecified atom stereocenters. The monoisotopic (exact) mass is 297 g/mol. The molecule has 1 fully saturated rings. The van der Waals surface area contributed by atoms with E-state index >= 15 is 0 Å². The van der Waals surface area contributed by atoms with Crippen molar-refractivity contribution < 1.29 is 9.59 Å². The SMILES string of the molecule is CCCC(C)NC(=O)C1CCCN(C(=O)[C@@H](N)C(C)C)C1. The normalized spacial score (nSPS) is 22.0. The minimum Gasteiger partial charge on any atom is -0.353 e. The van der Waals surface area contributed by atoms with Crippen molar-refractivity contribution in [2.45, 2.75) is 65.5 Å². The highest BCUT2D eigenvalue weighted by Crippen LogP contribution is 2.18. The molecular formula is C16H31N3O2. The van der Waals surface area contributed by atoms with E-state index in [1.165, 1.54) is 0 Å². The first-order valence-corrected chi connectivity index (χ1v) is 8.21. The Balaban J connectivity index is 2.55. The van der Waals surface area contributed by atoms with E-state index in [1.807, 2.05) is 20.8 Å². The van der Waals surface area contributed by atoms with Crippen LogP contribution in [0.25, 0.3) is 0 Å². The number of hydrogen-bond donors (Lipinski definition) is 2. The van der Waals surface area contributed by atoms with Gasteiger partial charge in [-0.3, -0.25) is 9.59 Å². The fourth-order valence-corrected chi connectivity index (χ4v) is 2.75. The second-order valence-corrected chi connectivity index (χ2v) is 6.59. The van der Waals surface area contributed by atoms with Crippen molar-refractivity contribution in [2.24, 2.45) is 17.6 Å². The molecule has 21 heavy (non-hydrogen) atoms. The third-order valence-corrected chi connectivity index (χ3v) is 4.22. The summed E-state index contributed by atoms with van der Waals surface area (Å²) in [4.78, 5) is 26.3. The summed E-state index contributed by atoms with van der Waals surface area (Å²) in [5, 5.41) is 3.05. The van der Waals surface area contributed by atoms with Crippen LogP contribution in [-0.2, 0) is 9.59 Å². The number of piperidine rings is 1. The zero-order valence-electron chi connectivity index (χ0n) is 13.9. The van der Waals surface area contributed by atoms with Gasteiger partial charge in [0, 0.05) is 19.1 Å². The Morgan fingerprint density at radius 3 is 2.57 bits per heavy atom. The molecule has 0 aromatic rings. The van der Waals surface area contributed by atoms with Gasteiger partial charge in [0.1, 0.15) is 0 Å². The van der Waals surface area contributed by atoms with Gasteiger partial charge in [-0.25, -0.2) is 0 Å². The third-order valence-electron chi connectivity index (χ3n) is 4.22. The van der Waals surface area contributed by atoms with Crippen molar-refractivity contribution >= 4 is 11.8 Å². The van der Waals surface area contributed by atoms with Gasteiger partial charge in [-0.15, -0.1) is 0 Å². The van der Waals surface area contributed by atoms with Crippen molar-refractivity contribution in [1.82, 2.24) is 10.2 Å². The van der Waals surface area contributed by atoms with E-state index in [2.05, 4.69) is 12.2 Å². The number of amides is 2. The Hall–Kier alpha value is -1.10. The number of carbonyl (C=O) groups is 2. The van der Waals surface area contributed by atoms with Gasteiger partial charge in [0.05, 0.1) is 12.0 Å². The molecule has 1 heterocycles. The number of nitrogens with one attached hydrogen (secondary N) is 1. The summed E-state index contributed by atoms with van der Waals surface area (Å²) in [6.07, 6.45) is 3.77. The van der Waals surface area contributed by atoms with Crippen LogP contribution in [0.5, 0.6) is 0 Å². The third kappa shape index (κ3) is 5.30. The molecular weight excluding hydrogens is 266 g/mol. The molecule has 0 spiro atoms. The summed E-state index contributed by atoms with van der Waals surface area (Å²) >= 11 is 0. The molecule has 0 aliphatic carbocycles. The van der Waals surface area contributed by atoms with Crippen LogP contribution in [0.2, 0.25) is 0 Å². The maximum Gasteiger partial charge on any atom is 0.239 e. The summed E-state index contributed by atoms with van der Waals surface area (Å²) < 4.78 is 0. The zero-order chi connectivity index (χ0) is 16.0. The van der Waals surface area contributed by atoms with Crippen LogP contribution in [0.15, 0.2) is 0 Å². The minimum atomic E-state index is -0.467. The standard InChI is InChI=1S/C16H31N3O2/c1-5-7-12(4)18-15(20)13-8-6-9-19(10-13)16(21)14(17)11(2)3/h11-14H,5-10,17H2,1-4H3,(H,18,20)/t12?,13?,14-/m0/s1. The fourth-order valence-electron chi connectivity index (χ4n) is 2.75. The molecule has 0 aromatic heterocycles. The van der Waals surface area contributed by atoms with Gasteiger partial charge in [-0.1, -0.05) is 27.2 Å². The number of hydrogen-bond acceptors (Lipinski definition) is 3. The number of rotatable bonds is 6. The lowest BCUT2D eigenvalue weighted by molar-refractivity contribution is -0.137. The zero-order valence-corrected chi connectivity index (χ0v) is 13.9. The highest BCUT2D eigenvalue weighted by molar-refractivity contribution is 5.84. The minimum absolute atomic E-state index is 0.0240. The maximum absolute atomic E-state index is 12.3. The molecule has 3 atom stereocenters. The Morgan fingerprint density at radius 2 is 2.00 bits per heavy atom.